The van der Waals surface area contributed by atoms with Crippen molar-refractivity contribution in [2.75, 3.05) is 5.32 Å². The summed E-state index contributed by atoms with van der Waals surface area (Å²) in [5, 5.41) is 10.3. The number of aromatic nitrogens is 2. The number of halogens is 1. The van der Waals surface area contributed by atoms with E-state index in [0.717, 1.165) is 11.1 Å². The van der Waals surface area contributed by atoms with Crippen LogP contribution >= 0.6 is 0 Å². The summed E-state index contributed by atoms with van der Waals surface area (Å²) in [4.78, 5) is 12.2. The fourth-order valence-electron chi connectivity index (χ4n) is 2.07. The van der Waals surface area contributed by atoms with Crippen LogP contribution in [0.4, 0.5) is 10.1 Å². The molecule has 1 amide bonds. The Balaban J connectivity index is 1.81. The zero-order chi connectivity index (χ0) is 16.4. The standard InChI is InChI=1S/C17H14FN3O2/c1-10-3-4-11(2)14(9-10)19-15(22)17-21-20-16(23-17)12-5-7-13(18)8-6-12/h3-9H,1-2H3,(H,19,22). The number of hydrogen-bond donors (Lipinski definition) is 1. The van der Waals surface area contributed by atoms with Crippen LogP contribution in [-0.4, -0.2) is 16.1 Å². The Morgan fingerprint density at radius 2 is 1.83 bits per heavy atom. The third kappa shape index (κ3) is 3.26. The highest BCUT2D eigenvalue weighted by Crippen LogP contribution is 2.20. The summed E-state index contributed by atoms with van der Waals surface area (Å²) in [7, 11) is 0. The summed E-state index contributed by atoms with van der Waals surface area (Å²) >= 11 is 0. The maximum Gasteiger partial charge on any atom is 0.313 e. The van der Waals surface area contributed by atoms with Gasteiger partial charge >= 0.3 is 11.8 Å². The summed E-state index contributed by atoms with van der Waals surface area (Å²) in [6.45, 7) is 3.83. The molecule has 0 aliphatic heterocycles. The number of nitrogens with zero attached hydrogens (tertiary/aromatic N) is 2. The van der Waals surface area contributed by atoms with Gasteiger partial charge in [0.15, 0.2) is 0 Å². The highest BCUT2D eigenvalue weighted by atomic mass is 19.1. The van der Waals surface area contributed by atoms with Crippen LogP contribution in [0.1, 0.15) is 21.8 Å². The maximum atomic E-state index is 12.9. The fraction of sp³-hybridized carbons (Fsp3) is 0.118. The minimum atomic E-state index is -0.487. The molecule has 1 aromatic heterocycles. The molecular formula is C17H14FN3O2. The SMILES string of the molecule is Cc1ccc(C)c(NC(=O)c2nnc(-c3ccc(F)cc3)o2)c1. The van der Waals surface area contributed by atoms with Gasteiger partial charge in [0.05, 0.1) is 0 Å². The molecule has 3 rings (SSSR count). The Morgan fingerprint density at radius 1 is 1.09 bits per heavy atom. The predicted molar refractivity (Wildman–Crippen MR) is 83.6 cm³/mol. The van der Waals surface area contributed by atoms with Crippen molar-refractivity contribution < 1.29 is 13.6 Å². The lowest BCUT2D eigenvalue weighted by atomic mass is 10.1. The molecule has 0 unspecified atom stereocenters. The van der Waals surface area contributed by atoms with Crippen molar-refractivity contribution in [2.24, 2.45) is 0 Å². The maximum absolute atomic E-state index is 12.9. The molecule has 23 heavy (non-hydrogen) atoms. The Morgan fingerprint density at radius 3 is 2.57 bits per heavy atom. The summed E-state index contributed by atoms with van der Waals surface area (Å²) < 4.78 is 18.3. The molecule has 0 radical (unpaired) electrons. The van der Waals surface area contributed by atoms with Crippen molar-refractivity contribution in [2.45, 2.75) is 13.8 Å². The van der Waals surface area contributed by atoms with Crippen molar-refractivity contribution in [1.82, 2.24) is 10.2 Å². The molecule has 1 heterocycles. The molecule has 0 spiro atoms. The van der Waals surface area contributed by atoms with Crippen LogP contribution in [0.15, 0.2) is 46.9 Å². The van der Waals surface area contributed by atoms with E-state index in [-0.39, 0.29) is 17.6 Å². The second-order valence-electron chi connectivity index (χ2n) is 5.19. The lowest BCUT2D eigenvalue weighted by molar-refractivity contribution is 0.0990. The van der Waals surface area contributed by atoms with Gasteiger partial charge in [0.1, 0.15) is 5.82 Å². The summed E-state index contributed by atoms with van der Waals surface area (Å²) in [5.41, 5.74) is 3.20. The quantitative estimate of drug-likeness (QED) is 0.800. The van der Waals surface area contributed by atoms with E-state index in [1.165, 1.54) is 24.3 Å². The lowest BCUT2D eigenvalue weighted by Gasteiger charge is -2.07. The number of anilines is 1. The van der Waals surface area contributed by atoms with E-state index in [4.69, 9.17) is 4.42 Å². The van der Waals surface area contributed by atoms with Crippen molar-refractivity contribution in [3.8, 4) is 11.5 Å². The minimum Gasteiger partial charge on any atom is -0.412 e. The monoisotopic (exact) mass is 311 g/mol. The first-order valence-electron chi connectivity index (χ1n) is 7.01. The third-order valence-corrected chi connectivity index (χ3v) is 3.35. The lowest BCUT2D eigenvalue weighted by Crippen LogP contribution is -2.13. The number of hydrogen-bond acceptors (Lipinski definition) is 4. The van der Waals surface area contributed by atoms with Gasteiger partial charge in [-0.15, -0.1) is 10.2 Å². The van der Waals surface area contributed by atoms with Gasteiger partial charge in [-0.25, -0.2) is 4.39 Å². The van der Waals surface area contributed by atoms with E-state index in [1.54, 1.807) is 0 Å². The molecular weight excluding hydrogens is 297 g/mol. The molecule has 2 aromatic carbocycles. The normalized spacial score (nSPS) is 10.6. The van der Waals surface area contributed by atoms with E-state index in [9.17, 15) is 9.18 Å². The molecule has 0 fully saturated rings. The zero-order valence-electron chi connectivity index (χ0n) is 12.6. The summed E-state index contributed by atoms with van der Waals surface area (Å²) in [5.74, 6) is -0.831. The Kier molecular flexibility index (Phi) is 3.89. The second-order valence-corrected chi connectivity index (χ2v) is 5.19. The minimum absolute atomic E-state index is 0.148. The van der Waals surface area contributed by atoms with Gasteiger partial charge in [0.2, 0.25) is 5.89 Å². The molecule has 1 N–H and O–H groups in total. The molecule has 6 heteroatoms. The van der Waals surface area contributed by atoms with Gasteiger partial charge in [0.25, 0.3) is 0 Å². The molecule has 0 aliphatic carbocycles. The van der Waals surface area contributed by atoms with Crippen molar-refractivity contribution in [3.63, 3.8) is 0 Å². The second kappa shape index (κ2) is 6.00. The summed E-state index contributed by atoms with van der Waals surface area (Å²) in [6, 6.07) is 11.3. The smallest absolute Gasteiger partial charge is 0.313 e. The van der Waals surface area contributed by atoms with Crippen LogP contribution in [0.3, 0.4) is 0 Å². The van der Waals surface area contributed by atoms with Gasteiger partial charge in [-0.05, 0) is 55.3 Å². The fourth-order valence-corrected chi connectivity index (χ4v) is 2.07. The molecule has 116 valence electrons. The van der Waals surface area contributed by atoms with Gasteiger partial charge in [-0.3, -0.25) is 4.79 Å². The van der Waals surface area contributed by atoms with E-state index in [1.807, 2.05) is 32.0 Å². The Labute approximate surface area is 132 Å². The van der Waals surface area contributed by atoms with Crippen LogP contribution in [0.25, 0.3) is 11.5 Å². The van der Waals surface area contributed by atoms with Crippen LogP contribution < -0.4 is 5.32 Å². The van der Waals surface area contributed by atoms with Gasteiger partial charge < -0.3 is 9.73 Å². The third-order valence-electron chi connectivity index (χ3n) is 3.35. The van der Waals surface area contributed by atoms with Crippen molar-refractivity contribution in [1.29, 1.82) is 0 Å². The molecule has 0 saturated carbocycles. The zero-order valence-corrected chi connectivity index (χ0v) is 12.6. The Hall–Kier alpha value is -3.02. The highest BCUT2D eigenvalue weighted by molar-refractivity contribution is 6.01. The van der Waals surface area contributed by atoms with Crippen molar-refractivity contribution in [3.05, 3.63) is 65.3 Å². The highest BCUT2D eigenvalue weighted by Gasteiger charge is 2.16. The van der Waals surface area contributed by atoms with Crippen molar-refractivity contribution >= 4 is 11.6 Å². The first-order valence-corrected chi connectivity index (χ1v) is 7.01. The number of aryl methyl sites for hydroxylation is 2. The molecule has 0 bridgehead atoms. The van der Waals surface area contributed by atoms with E-state index in [0.29, 0.717) is 11.3 Å². The van der Waals surface area contributed by atoms with Crippen LogP contribution in [-0.2, 0) is 0 Å². The first-order chi connectivity index (χ1) is 11.0. The topological polar surface area (TPSA) is 68.0 Å². The van der Waals surface area contributed by atoms with Crippen LogP contribution in [0.2, 0.25) is 0 Å². The average molecular weight is 311 g/mol. The largest absolute Gasteiger partial charge is 0.412 e. The summed E-state index contributed by atoms with van der Waals surface area (Å²) in [6.07, 6.45) is 0. The number of amides is 1. The average Bonchev–Trinajstić information content (AvgIpc) is 3.02. The van der Waals surface area contributed by atoms with Gasteiger partial charge in [-0.2, -0.15) is 0 Å². The number of nitrogens with one attached hydrogen (secondary N) is 1. The van der Waals surface area contributed by atoms with Gasteiger partial charge in [0, 0.05) is 11.3 Å². The number of rotatable bonds is 3. The van der Waals surface area contributed by atoms with E-state index >= 15 is 0 Å². The first kappa shape index (κ1) is 14.9. The molecule has 0 saturated heterocycles. The number of carbonyl (C=O) groups excluding carboxylic acids is 1. The predicted octanol–water partition coefficient (Wildman–Crippen LogP) is 3.74. The van der Waals surface area contributed by atoms with Gasteiger partial charge in [-0.1, -0.05) is 12.1 Å². The Bertz CT molecular complexity index is 857. The van der Waals surface area contributed by atoms with Crippen LogP contribution in [0.5, 0.6) is 0 Å². The van der Waals surface area contributed by atoms with E-state index in [2.05, 4.69) is 15.5 Å². The molecule has 3 aromatic rings. The number of benzene rings is 2. The molecule has 0 atom stereocenters. The van der Waals surface area contributed by atoms with Crippen LogP contribution in [0, 0.1) is 19.7 Å². The van der Waals surface area contributed by atoms with E-state index < -0.39 is 5.91 Å². The number of carbonyl (C=O) groups is 1. The molecule has 5 nitrogen and oxygen atoms in total. The molecule has 0 aliphatic rings.